The standard InChI is InChI=1S/C21H35N3O3S/c1-20(2,3)17-21(4,5)22-19(25)15-23-11-13-24(14-12-23)28(26,27)16-18-9-7-6-8-10-18/h6-10H,11-17H2,1-5H3,(H,22,25). The summed E-state index contributed by atoms with van der Waals surface area (Å²) in [7, 11) is -3.33. The van der Waals surface area contributed by atoms with Crippen molar-refractivity contribution in [3.05, 3.63) is 35.9 Å². The Morgan fingerprint density at radius 2 is 1.57 bits per heavy atom. The summed E-state index contributed by atoms with van der Waals surface area (Å²) in [6, 6.07) is 9.24. The molecule has 1 N–H and O–H groups in total. The third kappa shape index (κ3) is 7.53. The number of carbonyl (C=O) groups is 1. The van der Waals surface area contributed by atoms with Gasteiger partial charge in [-0.1, -0.05) is 51.1 Å². The maximum atomic E-state index is 12.6. The molecule has 0 radical (unpaired) electrons. The van der Waals surface area contributed by atoms with Gasteiger partial charge >= 0.3 is 0 Å². The van der Waals surface area contributed by atoms with E-state index in [1.807, 2.05) is 49.1 Å². The minimum atomic E-state index is -3.33. The monoisotopic (exact) mass is 409 g/mol. The highest BCUT2D eigenvalue weighted by Crippen LogP contribution is 2.26. The molecule has 2 rings (SSSR count). The molecule has 158 valence electrons. The first kappa shape index (κ1) is 22.8. The first-order valence-corrected chi connectivity index (χ1v) is 11.5. The van der Waals surface area contributed by atoms with Crippen molar-refractivity contribution in [2.45, 2.75) is 52.3 Å². The van der Waals surface area contributed by atoms with E-state index in [4.69, 9.17) is 0 Å². The number of carbonyl (C=O) groups excluding carboxylic acids is 1. The van der Waals surface area contributed by atoms with Gasteiger partial charge in [-0.05, 0) is 31.2 Å². The van der Waals surface area contributed by atoms with Gasteiger partial charge in [-0.2, -0.15) is 4.31 Å². The number of sulfonamides is 1. The summed E-state index contributed by atoms with van der Waals surface area (Å²) in [6.45, 7) is 12.9. The van der Waals surface area contributed by atoms with Crippen molar-refractivity contribution in [2.24, 2.45) is 5.41 Å². The number of hydrogen-bond acceptors (Lipinski definition) is 4. The maximum absolute atomic E-state index is 12.6. The van der Waals surface area contributed by atoms with Crippen molar-refractivity contribution in [3.8, 4) is 0 Å². The van der Waals surface area contributed by atoms with Gasteiger partial charge in [0, 0.05) is 31.7 Å². The first-order valence-electron chi connectivity index (χ1n) is 9.91. The highest BCUT2D eigenvalue weighted by molar-refractivity contribution is 7.88. The molecule has 1 fully saturated rings. The molecule has 1 aromatic carbocycles. The summed E-state index contributed by atoms with van der Waals surface area (Å²) in [5.41, 5.74) is 0.663. The highest BCUT2D eigenvalue weighted by atomic mass is 32.2. The number of amides is 1. The van der Waals surface area contributed by atoms with Crippen molar-refractivity contribution in [1.82, 2.24) is 14.5 Å². The SMILES string of the molecule is CC(C)(C)CC(C)(C)NC(=O)CN1CCN(S(=O)(=O)Cc2ccccc2)CC1. The number of benzene rings is 1. The summed E-state index contributed by atoms with van der Waals surface area (Å²) >= 11 is 0. The van der Waals surface area contributed by atoms with Gasteiger partial charge < -0.3 is 5.32 Å². The molecule has 1 heterocycles. The Kier molecular flexibility index (Phi) is 7.28. The predicted molar refractivity (Wildman–Crippen MR) is 113 cm³/mol. The zero-order chi connectivity index (χ0) is 21.0. The van der Waals surface area contributed by atoms with Gasteiger partial charge in [0.2, 0.25) is 15.9 Å². The quantitative estimate of drug-likeness (QED) is 0.751. The fraction of sp³-hybridized carbons (Fsp3) is 0.667. The van der Waals surface area contributed by atoms with Crippen LogP contribution in [-0.4, -0.2) is 61.8 Å². The minimum absolute atomic E-state index is 0.00478. The van der Waals surface area contributed by atoms with Crippen molar-refractivity contribution >= 4 is 15.9 Å². The average molecular weight is 410 g/mol. The molecule has 1 aliphatic rings. The van der Waals surface area contributed by atoms with E-state index in [1.54, 1.807) is 0 Å². The normalized spacial score (nSPS) is 17.5. The lowest BCUT2D eigenvalue weighted by atomic mass is 9.82. The zero-order valence-electron chi connectivity index (χ0n) is 17.9. The fourth-order valence-electron chi connectivity index (χ4n) is 4.03. The Morgan fingerprint density at radius 3 is 2.11 bits per heavy atom. The van der Waals surface area contributed by atoms with Gasteiger partial charge in [0.1, 0.15) is 0 Å². The smallest absolute Gasteiger partial charge is 0.234 e. The van der Waals surface area contributed by atoms with Crippen LogP contribution in [-0.2, 0) is 20.6 Å². The van der Waals surface area contributed by atoms with Crippen LogP contribution in [0.5, 0.6) is 0 Å². The van der Waals surface area contributed by atoms with E-state index in [9.17, 15) is 13.2 Å². The zero-order valence-corrected chi connectivity index (χ0v) is 18.7. The van der Waals surface area contributed by atoms with E-state index >= 15 is 0 Å². The van der Waals surface area contributed by atoms with Crippen molar-refractivity contribution in [1.29, 1.82) is 0 Å². The van der Waals surface area contributed by atoms with Crippen LogP contribution in [0.4, 0.5) is 0 Å². The summed E-state index contributed by atoms with van der Waals surface area (Å²) < 4.78 is 26.8. The number of rotatable bonds is 7. The third-order valence-electron chi connectivity index (χ3n) is 4.73. The van der Waals surface area contributed by atoms with Crippen LogP contribution in [0.15, 0.2) is 30.3 Å². The second-order valence-electron chi connectivity index (χ2n) is 9.59. The van der Waals surface area contributed by atoms with Crippen molar-refractivity contribution < 1.29 is 13.2 Å². The second kappa shape index (κ2) is 8.93. The van der Waals surface area contributed by atoms with Gasteiger partial charge in [0.15, 0.2) is 0 Å². The van der Waals surface area contributed by atoms with E-state index in [1.165, 1.54) is 4.31 Å². The van der Waals surface area contributed by atoms with Gasteiger partial charge in [0.05, 0.1) is 12.3 Å². The van der Waals surface area contributed by atoms with Crippen LogP contribution in [0.1, 0.15) is 46.6 Å². The molecule has 6 nitrogen and oxygen atoms in total. The lowest BCUT2D eigenvalue weighted by Gasteiger charge is -2.36. The Morgan fingerprint density at radius 1 is 1.00 bits per heavy atom. The molecule has 0 unspecified atom stereocenters. The van der Waals surface area contributed by atoms with Gasteiger partial charge in [-0.3, -0.25) is 9.69 Å². The molecule has 0 aromatic heterocycles. The molecule has 0 saturated carbocycles. The fourth-order valence-corrected chi connectivity index (χ4v) is 5.55. The molecule has 0 atom stereocenters. The molecule has 1 aliphatic heterocycles. The van der Waals surface area contributed by atoms with Gasteiger partial charge in [-0.15, -0.1) is 0 Å². The van der Waals surface area contributed by atoms with Crippen molar-refractivity contribution in [3.63, 3.8) is 0 Å². The molecular formula is C21H35N3O3S. The van der Waals surface area contributed by atoms with Crippen LogP contribution >= 0.6 is 0 Å². The third-order valence-corrected chi connectivity index (χ3v) is 6.58. The molecule has 0 aliphatic carbocycles. The Bertz CT molecular complexity index is 747. The average Bonchev–Trinajstić information content (AvgIpc) is 2.52. The Labute approximate surface area is 170 Å². The number of piperazine rings is 1. The Balaban J connectivity index is 1.82. The first-order chi connectivity index (χ1) is 12.9. The lowest BCUT2D eigenvalue weighted by molar-refractivity contribution is -0.124. The van der Waals surface area contributed by atoms with E-state index < -0.39 is 10.0 Å². The minimum Gasteiger partial charge on any atom is -0.350 e. The number of hydrogen-bond donors (Lipinski definition) is 1. The van der Waals surface area contributed by atoms with E-state index in [-0.39, 0.29) is 22.6 Å². The largest absolute Gasteiger partial charge is 0.350 e. The van der Waals surface area contributed by atoms with Crippen LogP contribution < -0.4 is 5.32 Å². The molecule has 0 bridgehead atoms. The molecule has 28 heavy (non-hydrogen) atoms. The summed E-state index contributed by atoms with van der Waals surface area (Å²) in [5.74, 6) is 0.0184. The molecule has 7 heteroatoms. The summed E-state index contributed by atoms with van der Waals surface area (Å²) in [5, 5.41) is 3.12. The maximum Gasteiger partial charge on any atom is 0.234 e. The molecule has 0 spiro atoms. The number of nitrogens with one attached hydrogen (secondary N) is 1. The molecule has 1 aromatic rings. The lowest BCUT2D eigenvalue weighted by Crippen LogP contribution is -2.53. The number of nitrogens with zero attached hydrogens (tertiary/aromatic N) is 2. The Hall–Kier alpha value is -1.44. The predicted octanol–water partition coefficient (Wildman–Crippen LogP) is 2.47. The van der Waals surface area contributed by atoms with Gasteiger partial charge in [-0.25, -0.2) is 8.42 Å². The van der Waals surface area contributed by atoms with Crippen LogP contribution in [0.25, 0.3) is 0 Å². The molecular weight excluding hydrogens is 374 g/mol. The van der Waals surface area contributed by atoms with Crippen LogP contribution in [0, 0.1) is 5.41 Å². The highest BCUT2D eigenvalue weighted by Gasteiger charge is 2.30. The summed E-state index contributed by atoms with van der Waals surface area (Å²) in [6.07, 6.45) is 0.886. The van der Waals surface area contributed by atoms with Gasteiger partial charge in [0.25, 0.3) is 0 Å². The van der Waals surface area contributed by atoms with Crippen LogP contribution in [0.3, 0.4) is 0 Å². The second-order valence-corrected chi connectivity index (χ2v) is 11.6. The van der Waals surface area contributed by atoms with Crippen molar-refractivity contribution in [2.75, 3.05) is 32.7 Å². The van der Waals surface area contributed by atoms with E-state index in [2.05, 4.69) is 26.1 Å². The van der Waals surface area contributed by atoms with Crippen LogP contribution in [0.2, 0.25) is 0 Å². The van der Waals surface area contributed by atoms with E-state index in [0.717, 1.165) is 12.0 Å². The topological polar surface area (TPSA) is 69.7 Å². The summed E-state index contributed by atoms with van der Waals surface area (Å²) in [4.78, 5) is 14.5. The molecule has 1 saturated heterocycles. The van der Waals surface area contributed by atoms with E-state index in [0.29, 0.717) is 32.7 Å². The molecule has 1 amide bonds.